The first kappa shape index (κ1) is 27.6. The van der Waals surface area contributed by atoms with Crippen molar-refractivity contribution in [3.05, 3.63) is 94.7 Å². The molecular formula is C29H29N3O6S. The molecule has 0 fully saturated rings. The summed E-state index contributed by atoms with van der Waals surface area (Å²) in [6.45, 7) is 1.84. The van der Waals surface area contributed by atoms with E-state index in [0.717, 1.165) is 5.56 Å². The Bertz CT molecular complexity index is 1400. The van der Waals surface area contributed by atoms with Gasteiger partial charge in [0.1, 0.15) is 6.04 Å². The van der Waals surface area contributed by atoms with Gasteiger partial charge in [0.15, 0.2) is 16.7 Å². The van der Waals surface area contributed by atoms with Gasteiger partial charge in [0, 0.05) is 17.1 Å². The summed E-state index contributed by atoms with van der Waals surface area (Å²) in [5.74, 6) is 0.636. The van der Waals surface area contributed by atoms with Gasteiger partial charge in [-0.1, -0.05) is 42.1 Å². The maximum absolute atomic E-state index is 13.5. The molecule has 0 saturated carbocycles. The average Bonchev–Trinajstić information content (AvgIpc) is 2.95. The molecule has 1 heterocycles. The van der Waals surface area contributed by atoms with E-state index in [9.17, 15) is 9.59 Å². The van der Waals surface area contributed by atoms with Gasteiger partial charge in [-0.05, 0) is 54.4 Å². The lowest BCUT2D eigenvalue weighted by atomic mass is 9.95. The molecule has 1 aliphatic heterocycles. The number of carboxylic acids is 1. The molecule has 0 saturated heterocycles. The quantitative estimate of drug-likeness (QED) is 0.332. The monoisotopic (exact) mass is 547 g/mol. The number of nitrogens with one attached hydrogen (secondary N) is 2. The van der Waals surface area contributed by atoms with Crippen LogP contribution in [0, 0.1) is 0 Å². The second kappa shape index (κ2) is 12.4. The number of hydrogen-bond donors (Lipinski definition) is 3. The van der Waals surface area contributed by atoms with Crippen LogP contribution >= 0.6 is 11.8 Å². The lowest BCUT2D eigenvalue weighted by molar-refractivity contribution is -0.113. The predicted octanol–water partition coefficient (Wildman–Crippen LogP) is 5.26. The van der Waals surface area contributed by atoms with Crippen molar-refractivity contribution in [3.8, 4) is 17.2 Å². The summed E-state index contributed by atoms with van der Waals surface area (Å²) in [6.07, 6.45) is 0. The van der Waals surface area contributed by atoms with E-state index in [-0.39, 0.29) is 11.5 Å². The third-order valence-electron chi connectivity index (χ3n) is 6.07. The largest absolute Gasteiger partial charge is 0.493 e. The zero-order chi connectivity index (χ0) is 27.9. The number of methoxy groups -OCH3 is 3. The van der Waals surface area contributed by atoms with Crippen LogP contribution in [-0.2, 0) is 10.5 Å². The van der Waals surface area contributed by atoms with E-state index in [1.807, 2.05) is 37.3 Å². The number of amidine groups is 1. The molecular weight excluding hydrogens is 518 g/mol. The molecule has 0 unspecified atom stereocenters. The Balaban J connectivity index is 1.69. The van der Waals surface area contributed by atoms with Crippen LogP contribution in [-0.4, -0.2) is 43.5 Å². The Labute approximate surface area is 230 Å². The van der Waals surface area contributed by atoms with E-state index in [1.165, 1.54) is 33.1 Å². The second-order valence-electron chi connectivity index (χ2n) is 8.57. The van der Waals surface area contributed by atoms with Gasteiger partial charge in [-0.2, -0.15) is 0 Å². The molecule has 0 aromatic heterocycles. The highest BCUT2D eigenvalue weighted by Crippen LogP contribution is 2.43. The van der Waals surface area contributed by atoms with Gasteiger partial charge in [0.05, 0.1) is 32.5 Å². The summed E-state index contributed by atoms with van der Waals surface area (Å²) in [6, 6.07) is 18.8. The number of carbonyl (C=O) groups excluding carboxylic acids is 1. The van der Waals surface area contributed by atoms with Crippen LogP contribution in [0.3, 0.4) is 0 Å². The van der Waals surface area contributed by atoms with E-state index >= 15 is 0 Å². The molecule has 3 aromatic carbocycles. The van der Waals surface area contributed by atoms with Crippen molar-refractivity contribution in [3.63, 3.8) is 0 Å². The van der Waals surface area contributed by atoms with Crippen LogP contribution in [0.25, 0.3) is 0 Å². The Kier molecular flexibility index (Phi) is 8.77. The molecule has 3 N–H and O–H groups in total. The number of benzene rings is 3. The van der Waals surface area contributed by atoms with E-state index < -0.39 is 12.0 Å². The number of amides is 1. The maximum atomic E-state index is 13.5. The van der Waals surface area contributed by atoms with Gasteiger partial charge < -0.3 is 30.0 Å². The fraction of sp³-hybridized carbons (Fsp3) is 0.207. The van der Waals surface area contributed by atoms with E-state index in [0.29, 0.717) is 50.7 Å². The third kappa shape index (κ3) is 6.35. The van der Waals surface area contributed by atoms with Crippen molar-refractivity contribution in [2.75, 3.05) is 26.6 Å². The number of nitrogens with zero attached hydrogens (tertiary/aromatic N) is 1. The number of carboxylic acid groups (broad SMARTS) is 1. The highest BCUT2D eigenvalue weighted by molar-refractivity contribution is 8.13. The summed E-state index contributed by atoms with van der Waals surface area (Å²) in [7, 11) is 4.60. The zero-order valence-electron chi connectivity index (χ0n) is 22.0. The molecule has 1 atom stereocenters. The fourth-order valence-corrected chi connectivity index (χ4v) is 5.03. The molecule has 1 amide bonds. The minimum absolute atomic E-state index is 0.229. The number of anilines is 1. The molecule has 9 nitrogen and oxygen atoms in total. The molecule has 0 spiro atoms. The van der Waals surface area contributed by atoms with Crippen molar-refractivity contribution in [2.45, 2.75) is 18.7 Å². The molecule has 202 valence electrons. The SMILES string of the molecule is COc1cc([C@@H]2N=C(SCc3ccc(C(=O)O)cc3)NC(C)=C2C(=O)Nc2ccccc2)cc(OC)c1OC. The minimum atomic E-state index is -0.970. The summed E-state index contributed by atoms with van der Waals surface area (Å²) >= 11 is 1.45. The number of aliphatic imine (C=N–C) groups is 1. The Morgan fingerprint density at radius 1 is 0.974 bits per heavy atom. The lowest BCUT2D eigenvalue weighted by Gasteiger charge is -2.27. The summed E-state index contributed by atoms with van der Waals surface area (Å²) in [5, 5.41) is 16.0. The third-order valence-corrected chi connectivity index (χ3v) is 7.03. The Hall–Kier alpha value is -4.44. The first-order valence-corrected chi connectivity index (χ1v) is 13.0. The molecule has 1 aliphatic rings. The van der Waals surface area contributed by atoms with Crippen molar-refractivity contribution in [1.82, 2.24) is 5.32 Å². The van der Waals surface area contributed by atoms with Crippen molar-refractivity contribution in [1.29, 1.82) is 0 Å². The normalized spacial score (nSPS) is 14.7. The smallest absolute Gasteiger partial charge is 0.335 e. The van der Waals surface area contributed by atoms with Gasteiger partial charge >= 0.3 is 5.97 Å². The summed E-state index contributed by atoms with van der Waals surface area (Å²) in [5.41, 5.74) is 3.62. The van der Waals surface area contributed by atoms with Crippen LogP contribution in [0.5, 0.6) is 17.2 Å². The number of allylic oxidation sites excluding steroid dienone is 1. The number of rotatable bonds is 9. The number of para-hydroxylation sites is 1. The highest BCUT2D eigenvalue weighted by atomic mass is 32.2. The topological polar surface area (TPSA) is 118 Å². The van der Waals surface area contributed by atoms with E-state index in [4.69, 9.17) is 24.3 Å². The highest BCUT2D eigenvalue weighted by Gasteiger charge is 2.31. The number of hydrogen-bond acceptors (Lipinski definition) is 8. The molecule has 10 heteroatoms. The summed E-state index contributed by atoms with van der Waals surface area (Å²) < 4.78 is 16.6. The number of aromatic carboxylic acids is 1. The standard InChI is InChI=1S/C29H29N3O6S/c1-17-24(27(33)31-21-8-6-5-7-9-21)25(20-14-22(36-2)26(38-4)23(15-20)37-3)32-29(30-17)39-16-18-10-12-19(13-11-18)28(34)35/h5-15,25H,16H2,1-4H3,(H,30,32)(H,31,33)(H,34,35)/t25-/m0/s1. The molecule has 3 aromatic rings. The van der Waals surface area contributed by atoms with Crippen molar-refractivity contribution < 1.29 is 28.9 Å². The van der Waals surface area contributed by atoms with Gasteiger partial charge in [-0.25, -0.2) is 9.79 Å². The minimum Gasteiger partial charge on any atom is -0.493 e. The van der Waals surface area contributed by atoms with E-state index in [1.54, 1.807) is 36.4 Å². The van der Waals surface area contributed by atoms with Crippen LogP contribution < -0.4 is 24.8 Å². The molecule has 0 radical (unpaired) electrons. The van der Waals surface area contributed by atoms with Crippen LogP contribution in [0.4, 0.5) is 5.69 Å². The van der Waals surface area contributed by atoms with Crippen LogP contribution in [0.1, 0.15) is 34.5 Å². The van der Waals surface area contributed by atoms with Crippen LogP contribution in [0.2, 0.25) is 0 Å². The van der Waals surface area contributed by atoms with Gasteiger partial charge in [-0.3, -0.25) is 4.79 Å². The molecule has 4 rings (SSSR count). The predicted molar refractivity (Wildman–Crippen MR) is 152 cm³/mol. The van der Waals surface area contributed by atoms with E-state index in [2.05, 4.69) is 10.6 Å². The Morgan fingerprint density at radius 2 is 1.62 bits per heavy atom. The number of ether oxygens (including phenoxy) is 3. The van der Waals surface area contributed by atoms with Crippen LogP contribution in [0.15, 0.2) is 83.0 Å². The molecule has 0 bridgehead atoms. The van der Waals surface area contributed by atoms with Gasteiger partial charge in [-0.15, -0.1) is 0 Å². The van der Waals surface area contributed by atoms with Crippen molar-refractivity contribution in [2.24, 2.45) is 4.99 Å². The maximum Gasteiger partial charge on any atom is 0.335 e. The van der Waals surface area contributed by atoms with Gasteiger partial charge in [0.25, 0.3) is 5.91 Å². The zero-order valence-corrected chi connectivity index (χ0v) is 22.8. The summed E-state index contributed by atoms with van der Waals surface area (Å²) in [4.78, 5) is 29.6. The second-order valence-corrected chi connectivity index (χ2v) is 9.53. The number of thioether (sulfide) groups is 1. The average molecular weight is 548 g/mol. The molecule has 39 heavy (non-hydrogen) atoms. The fourth-order valence-electron chi connectivity index (χ4n) is 4.13. The lowest BCUT2D eigenvalue weighted by Crippen LogP contribution is -2.32. The Morgan fingerprint density at radius 3 is 2.18 bits per heavy atom. The first-order valence-electron chi connectivity index (χ1n) is 12.0. The molecule has 0 aliphatic carbocycles. The number of carbonyl (C=O) groups is 2. The van der Waals surface area contributed by atoms with Crippen molar-refractivity contribution >= 4 is 34.5 Å². The first-order chi connectivity index (χ1) is 18.8. The van der Waals surface area contributed by atoms with Gasteiger partial charge in [0.2, 0.25) is 5.75 Å².